The summed E-state index contributed by atoms with van der Waals surface area (Å²) in [6, 6.07) is -1.03. The minimum absolute atomic E-state index is 0.0445. The van der Waals surface area contributed by atoms with Crippen molar-refractivity contribution in [1.82, 2.24) is 10.2 Å². The Hall–Kier alpha value is -1.10. The van der Waals surface area contributed by atoms with Crippen molar-refractivity contribution in [3.05, 3.63) is 0 Å². The van der Waals surface area contributed by atoms with Crippen molar-refractivity contribution in [1.29, 1.82) is 0 Å². The molecule has 0 aromatic heterocycles. The van der Waals surface area contributed by atoms with Crippen LogP contribution in [0.4, 0.5) is 0 Å². The lowest BCUT2D eigenvalue weighted by Crippen LogP contribution is -2.55. The van der Waals surface area contributed by atoms with Gasteiger partial charge in [-0.1, -0.05) is 20.3 Å². The van der Waals surface area contributed by atoms with Crippen LogP contribution < -0.4 is 11.1 Å². The predicted octanol–water partition coefficient (Wildman–Crippen LogP) is 0.877. The van der Waals surface area contributed by atoms with E-state index in [2.05, 4.69) is 5.32 Å². The summed E-state index contributed by atoms with van der Waals surface area (Å²) >= 11 is 0. The molecule has 1 saturated heterocycles. The highest BCUT2D eigenvalue weighted by molar-refractivity contribution is 5.89. The molecular weight excluding hydrogens is 242 g/mol. The number of rotatable bonds is 5. The molecule has 0 bridgehead atoms. The Morgan fingerprint density at radius 1 is 1.21 bits per heavy atom. The van der Waals surface area contributed by atoms with Crippen LogP contribution in [0.1, 0.15) is 46.5 Å². The Kier molecular flexibility index (Phi) is 6.28. The molecule has 0 aromatic rings. The Morgan fingerprint density at radius 2 is 1.79 bits per heavy atom. The minimum atomic E-state index is -0.583. The topological polar surface area (TPSA) is 75.4 Å². The molecule has 3 atom stereocenters. The van der Waals surface area contributed by atoms with Gasteiger partial charge in [-0.15, -0.1) is 0 Å². The first-order valence-electron chi connectivity index (χ1n) is 7.32. The highest BCUT2D eigenvalue weighted by Gasteiger charge is 2.30. The van der Waals surface area contributed by atoms with Gasteiger partial charge in [0.05, 0.1) is 6.04 Å². The molecule has 1 rings (SSSR count). The van der Waals surface area contributed by atoms with Crippen LogP contribution in [-0.2, 0) is 9.59 Å². The van der Waals surface area contributed by atoms with Crippen LogP contribution in [0.15, 0.2) is 0 Å². The van der Waals surface area contributed by atoms with Crippen molar-refractivity contribution in [2.24, 2.45) is 11.7 Å². The lowest BCUT2D eigenvalue weighted by Gasteiger charge is -2.33. The predicted molar refractivity (Wildman–Crippen MR) is 75.5 cm³/mol. The van der Waals surface area contributed by atoms with E-state index in [4.69, 9.17) is 5.73 Å². The highest BCUT2D eigenvalue weighted by Crippen LogP contribution is 2.15. The number of amides is 2. The average molecular weight is 269 g/mol. The molecule has 5 nitrogen and oxygen atoms in total. The molecule has 1 fully saturated rings. The molecule has 0 aliphatic carbocycles. The van der Waals surface area contributed by atoms with Gasteiger partial charge in [0.15, 0.2) is 0 Å². The van der Waals surface area contributed by atoms with Gasteiger partial charge < -0.3 is 16.0 Å². The minimum Gasteiger partial charge on any atom is -0.343 e. The average Bonchev–Trinajstić information content (AvgIpc) is 2.43. The van der Waals surface area contributed by atoms with Gasteiger partial charge in [0.25, 0.3) is 0 Å². The van der Waals surface area contributed by atoms with Crippen molar-refractivity contribution >= 4 is 11.8 Å². The third-order valence-electron chi connectivity index (χ3n) is 3.86. The molecule has 110 valence electrons. The van der Waals surface area contributed by atoms with Gasteiger partial charge in [-0.3, -0.25) is 9.59 Å². The molecule has 0 saturated carbocycles. The molecule has 1 aliphatic rings. The second kappa shape index (κ2) is 7.48. The molecule has 0 aromatic carbocycles. The Balaban J connectivity index is 2.71. The van der Waals surface area contributed by atoms with Crippen LogP contribution in [0.2, 0.25) is 0 Å². The molecule has 1 heterocycles. The lowest BCUT2D eigenvalue weighted by atomic mass is 9.96. The summed E-state index contributed by atoms with van der Waals surface area (Å²) < 4.78 is 0. The maximum atomic E-state index is 12.5. The number of hydrogen-bond acceptors (Lipinski definition) is 3. The maximum absolute atomic E-state index is 12.5. The number of nitrogens with zero attached hydrogens (tertiary/aromatic N) is 1. The van der Waals surface area contributed by atoms with Crippen LogP contribution in [0, 0.1) is 5.92 Å². The van der Waals surface area contributed by atoms with E-state index in [0.717, 1.165) is 32.4 Å². The fourth-order valence-corrected chi connectivity index (χ4v) is 2.28. The van der Waals surface area contributed by atoms with Crippen LogP contribution in [0.25, 0.3) is 0 Å². The van der Waals surface area contributed by atoms with Gasteiger partial charge in [-0.2, -0.15) is 0 Å². The van der Waals surface area contributed by atoms with Gasteiger partial charge in [0, 0.05) is 13.1 Å². The molecule has 1 aliphatic heterocycles. The maximum Gasteiger partial charge on any atom is 0.245 e. The molecular formula is C14H27N3O2. The molecule has 19 heavy (non-hydrogen) atoms. The smallest absolute Gasteiger partial charge is 0.245 e. The van der Waals surface area contributed by atoms with Crippen molar-refractivity contribution in [2.45, 2.75) is 58.5 Å². The van der Waals surface area contributed by atoms with Gasteiger partial charge in [-0.05, 0) is 32.1 Å². The summed E-state index contributed by atoms with van der Waals surface area (Å²) in [5.41, 5.74) is 5.57. The van der Waals surface area contributed by atoms with Crippen molar-refractivity contribution in [3.8, 4) is 0 Å². The van der Waals surface area contributed by atoms with Crippen LogP contribution in [0.3, 0.4) is 0 Å². The Morgan fingerprint density at radius 3 is 2.26 bits per heavy atom. The summed E-state index contributed by atoms with van der Waals surface area (Å²) in [7, 11) is 0. The number of carbonyl (C=O) groups is 2. The van der Waals surface area contributed by atoms with Crippen LogP contribution >= 0.6 is 0 Å². The highest BCUT2D eigenvalue weighted by atomic mass is 16.2. The SMILES string of the molecule is CC[C@H](C)[C@H](NC(=O)[C@H](C)N)C(=O)N1CCCCC1. The third-order valence-corrected chi connectivity index (χ3v) is 3.86. The number of piperidine rings is 1. The monoisotopic (exact) mass is 269 g/mol. The quantitative estimate of drug-likeness (QED) is 0.778. The first kappa shape index (κ1) is 16.0. The number of hydrogen-bond donors (Lipinski definition) is 2. The number of nitrogens with one attached hydrogen (secondary N) is 1. The van der Waals surface area contributed by atoms with E-state index in [1.807, 2.05) is 18.7 Å². The zero-order valence-corrected chi connectivity index (χ0v) is 12.3. The van der Waals surface area contributed by atoms with E-state index in [1.54, 1.807) is 6.92 Å². The fraction of sp³-hybridized carbons (Fsp3) is 0.857. The van der Waals surface area contributed by atoms with E-state index < -0.39 is 12.1 Å². The van der Waals surface area contributed by atoms with E-state index in [9.17, 15) is 9.59 Å². The first-order valence-corrected chi connectivity index (χ1v) is 7.32. The summed E-state index contributed by atoms with van der Waals surface area (Å²) in [4.78, 5) is 26.2. The van der Waals surface area contributed by atoms with E-state index in [-0.39, 0.29) is 17.7 Å². The summed E-state index contributed by atoms with van der Waals surface area (Å²) in [5.74, 6) is -0.0872. The largest absolute Gasteiger partial charge is 0.343 e. The lowest BCUT2D eigenvalue weighted by molar-refractivity contribution is -0.138. The summed E-state index contributed by atoms with van der Waals surface area (Å²) in [6.45, 7) is 7.27. The number of likely N-dealkylation sites (tertiary alicyclic amines) is 1. The normalized spacial score (nSPS) is 20.5. The van der Waals surface area contributed by atoms with Crippen LogP contribution in [0.5, 0.6) is 0 Å². The number of carbonyl (C=O) groups excluding carboxylic acids is 2. The van der Waals surface area contributed by atoms with E-state index >= 15 is 0 Å². The van der Waals surface area contributed by atoms with E-state index in [0.29, 0.717) is 0 Å². The van der Waals surface area contributed by atoms with E-state index in [1.165, 1.54) is 6.42 Å². The van der Waals surface area contributed by atoms with Gasteiger partial charge in [0.1, 0.15) is 6.04 Å². The molecule has 0 radical (unpaired) electrons. The first-order chi connectivity index (χ1) is 8.97. The van der Waals surface area contributed by atoms with Crippen molar-refractivity contribution in [3.63, 3.8) is 0 Å². The zero-order valence-electron chi connectivity index (χ0n) is 12.3. The molecule has 5 heteroatoms. The molecule has 2 amide bonds. The van der Waals surface area contributed by atoms with Crippen LogP contribution in [-0.4, -0.2) is 41.9 Å². The second-order valence-electron chi connectivity index (χ2n) is 5.55. The van der Waals surface area contributed by atoms with Gasteiger partial charge >= 0.3 is 0 Å². The number of nitrogens with two attached hydrogens (primary N) is 1. The summed E-state index contributed by atoms with van der Waals surface area (Å²) in [5, 5.41) is 2.81. The molecule has 0 unspecified atom stereocenters. The molecule has 3 N–H and O–H groups in total. The standard InChI is InChI=1S/C14H27N3O2/c1-4-10(2)12(16-13(18)11(3)15)14(19)17-8-6-5-7-9-17/h10-12H,4-9,15H2,1-3H3,(H,16,18)/t10-,11-,12-/m0/s1. The third kappa shape index (κ3) is 4.49. The van der Waals surface area contributed by atoms with Crippen molar-refractivity contribution < 1.29 is 9.59 Å². The Labute approximate surface area is 115 Å². The van der Waals surface area contributed by atoms with Gasteiger partial charge in [-0.25, -0.2) is 0 Å². The fourth-order valence-electron chi connectivity index (χ4n) is 2.28. The second-order valence-corrected chi connectivity index (χ2v) is 5.55. The zero-order chi connectivity index (χ0) is 14.4. The Bertz CT molecular complexity index is 312. The summed E-state index contributed by atoms with van der Waals surface area (Å²) in [6.07, 6.45) is 4.15. The van der Waals surface area contributed by atoms with Crippen molar-refractivity contribution in [2.75, 3.05) is 13.1 Å². The van der Waals surface area contributed by atoms with Gasteiger partial charge in [0.2, 0.25) is 11.8 Å². The molecule has 0 spiro atoms.